The summed E-state index contributed by atoms with van der Waals surface area (Å²) in [6.07, 6.45) is 2.13. The lowest BCUT2D eigenvalue weighted by atomic mass is 9.97. The maximum absolute atomic E-state index is 13.7. The molecule has 2 aliphatic rings. The molecule has 74 valence electrons. The first kappa shape index (κ1) is 8.69. The molecule has 1 heterocycles. The molecule has 0 spiro atoms. The largest absolute Gasteiger partial charge is 0.310 e. The molecule has 1 aliphatic carbocycles. The van der Waals surface area contributed by atoms with Crippen LogP contribution in [0.5, 0.6) is 0 Å². The van der Waals surface area contributed by atoms with Crippen LogP contribution in [0.2, 0.25) is 5.02 Å². The summed E-state index contributed by atoms with van der Waals surface area (Å²) in [5, 5.41) is 3.87. The lowest BCUT2D eigenvalue weighted by molar-refractivity contribution is 0.404. The van der Waals surface area contributed by atoms with E-state index in [4.69, 9.17) is 11.6 Å². The van der Waals surface area contributed by atoms with Gasteiger partial charge >= 0.3 is 0 Å². The van der Waals surface area contributed by atoms with E-state index in [1.165, 1.54) is 6.07 Å². The predicted octanol–water partition coefficient (Wildman–Crippen LogP) is 3.00. The normalized spacial score (nSPS) is 29.0. The molecule has 3 rings (SSSR count). The van der Waals surface area contributed by atoms with Crippen molar-refractivity contribution in [1.82, 2.24) is 5.32 Å². The third-order valence-corrected chi connectivity index (χ3v) is 3.54. The molecule has 3 heteroatoms. The summed E-state index contributed by atoms with van der Waals surface area (Å²) in [6.45, 7) is 0.987. The Bertz CT molecular complexity index is 391. The first-order chi connectivity index (χ1) is 6.75. The minimum absolute atomic E-state index is 0.144. The Morgan fingerprint density at radius 3 is 3.14 bits per heavy atom. The first-order valence-corrected chi connectivity index (χ1v) is 5.35. The van der Waals surface area contributed by atoms with Crippen LogP contribution in [0.15, 0.2) is 12.1 Å². The van der Waals surface area contributed by atoms with Crippen molar-refractivity contribution in [2.24, 2.45) is 0 Å². The molecule has 1 nitrogen and oxygen atoms in total. The topological polar surface area (TPSA) is 12.0 Å². The van der Waals surface area contributed by atoms with E-state index in [0.29, 0.717) is 10.9 Å². The van der Waals surface area contributed by atoms with Gasteiger partial charge in [-0.1, -0.05) is 11.6 Å². The number of halogens is 2. The Morgan fingerprint density at radius 2 is 2.29 bits per heavy atom. The molecule has 1 fully saturated rings. The minimum atomic E-state index is -0.144. The van der Waals surface area contributed by atoms with E-state index >= 15 is 0 Å². The quantitative estimate of drug-likeness (QED) is 0.696. The second-order valence-corrected chi connectivity index (χ2v) is 4.55. The summed E-state index contributed by atoms with van der Waals surface area (Å²) in [5.74, 6) is 0.374. The third-order valence-electron chi connectivity index (χ3n) is 3.32. The van der Waals surface area contributed by atoms with Crippen LogP contribution in [0.3, 0.4) is 0 Å². The van der Waals surface area contributed by atoms with Gasteiger partial charge in [-0.25, -0.2) is 4.39 Å². The van der Waals surface area contributed by atoms with Crippen molar-refractivity contribution in [2.45, 2.75) is 24.8 Å². The maximum atomic E-state index is 13.7. The minimum Gasteiger partial charge on any atom is -0.310 e. The van der Waals surface area contributed by atoms with Crippen LogP contribution in [0.4, 0.5) is 4.39 Å². The van der Waals surface area contributed by atoms with Crippen molar-refractivity contribution in [3.63, 3.8) is 0 Å². The average molecular weight is 212 g/mol. The van der Waals surface area contributed by atoms with Gasteiger partial charge in [0.2, 0.25) is 0 Å². The summed E-state index contributed by atoms with van der Waals surface area (Å²) < 4.78 is 13.7. The van der Waals surface area contributed by atoms with Gasteiger partial charge < -0.3 is 5.32 Å². The Labute approximate surface area is 87.3 Å². The summed E-state index contributed by atoms with van der Waals surface area (Å²) in [5.41, 5.74) is 1.99. The number of nitrogens with one attached hydrogen (secondary N) is 1. The van der Waals surface area contributed by atoms with E-state index in [-0.39, 0.29) is 11.9 Å². The van der Waals surface area contributed by atoms with Crippen molar-refractivity contribution in [2.75, 3.05) is 6.54 Å². The molecule has 1 aromatic rings. The molecular weight excluding hydrogens is 201 g/mol. The molecule has 2 bridgehead atoms. The van der Waals surface area contributed by atoms with E-state index < -0.39 is 0 Å². The highest BCUT2D eigenvalue weighted by atomic mass is 35.5. The van der Waals surface area contributed by atoms with Crippen molar-refractivity contribution >= 4 is 11.6 Å². The molecule has 2 atom stereocenters. The standard InChI is InChI=1S/C11H11ClFN/c12-7-4-8-6-1-2-14-10(3-6)11(8)9(13)5-7/h4-6,10,14H,1-3H2. The maximum Gasteiger partial charge on any atom is 0.129 e. The molecule has 0 saturated carbocycles. The van der Waals surface area contributed by atoms with Crippen molar-refractivity contribution in [3.05, 3.63) is 34.1 Å². The Hall–Kier alpha value is -0.600. The zero-order chi connectivity index (χ0) is 9.71. The molecule has 0 aromatic heterocycles. The monoisotopic (exact) mass is 211 g/mol. The number of rotatable bonds is 0. The number of hydrogen-bond donors (Lipinski definition) is 1. The van der Waals surface area contributed by atoms with Gasteiger partial charge in [-0.05, 0) is 43.0 Å². The van der Waals surface area contributed by atoms with Crippen molar-refractivity contribution in [3.8, 4) is 0 Å². The SMILES string of the molecule is Fc1cc(Cl)cc2c1C1CC2CCN1. The van der Waals surface area contributed by atoms with Crippen molar-refractivity contribution in [1.29, 1.82) is 0 Å². The summed E-state index contributed by atoms with van der Waals surface area (Å²) in [4.78, 5) is 0. The molecule has 0 amide bonds. The average Bonchev–Trinajstić information content (AvgIpc) is 2.39. The molecule has 0 radical (unpaired) electrons. The van der Waals surface area contributed by atoms with E-state index in [1.54, 1.807) is 0 Å². The van der Waals surface area contributed by atoms with Crippen LogP contribution in [0.25, 0.3) is 0 Å². The van der Waals surface area contributed by atoms with Crippen LogP contribution in [-0.2, 0) is 0 Å². The summed E-state index contributed by atoms with van der Waals surface area (Å²) in [6, 6.07) is 3.57. The van der Waals surface area contributed by atoms with Crippen LogP contribution in [-0.4, -0.2) is 6.54 Å². The highest BCUT2D eigenvalue weighted by Gasteiger charge is 2.36. The van der Waals surface area contributed by atoms with E-state index in [2.05, 4.69) is 5.32 Å². The summed E-state index contributed by atoms with van der Waals surface area (Å²) >= 11 is 5.86. The zero-order valence-corrected chi connectivity index (χ0v) is 8.44. The molecular formula is C11H11ClFN. The molecule has 1 saturated heterocycles. The smallest absolute Gasteiger partial charge is 0.129 e. The summed E-state index contributed by atoms with van der Waals surface area (Å²) in [7, 11) is 0. The second kappa shape index (κ2) is 2.94. The number of hydrogen-bond acceptors (Lipinski definition) is 1. The highest BCUT2D eigenvalue weighted by molar-refractivity contribution is 6.30. The Kier molecular flexibility index (Phi) is 1.83. The fraction of sp³-hybridized carbons (Fsp3) is 0.455. The predicted molar refractivity (Wildman–Crippen MR) is 54.1 cm³/mol. The van der Waals surface area contributed by atoms with Gasteiger partial charge in [0, 0.05) is 16.6 Å². The highest BCUT2D eigenvalue weighted by Crippen LogP contribution is 2.46. The van der Waals surface area contributed by atoms with E-state index in [1.807, 2.05) is 6.07 Å². The Morgan fingerprint density at radius 1 is 1.43 bits per heavy atom. The third kappa shape index (κ3) is 1.11. The van der Waals surface area contributed by atoms with Gasteiger partial charge in [0.25, 0.3) is 0 Å². The Balaban J connectivity index is 2.21. The zero-order valence-electron chi connectivity index (χ0n) is 7.69. The fourth-order valence-electron chi connectivity index (χ4n) is 2.73. The van der Waals surface area contributed by atoms with E-state index in [9.17, 15) is 4.39 Å². The van der Waals surface area contributed by atoms with Crippen LogP contribution >= 0.6 is 11.6 Å². The van der Waals surface area contributed by atoms with Crippen LogP contribution in [0, 0.1) is 5.82 Å². The van der Waals surface area contributed by atoms with Crippen molar-refractivity contribution < 1.29 is 4.39 Å². The van der Waals surface area contributed by atoms with E-state index in [0.717, 1.165) is 30.5 Å². The molecule has 2 unspecified atom stereocenters. The van der Waals surface area contributed by atoms with Gasteiger partial charge in [0.1, 0.15) is 5.82 Å². The lowest BCUT2D eigenvalue weighted by Gasteiger charge is -2.20. The second-order valence-electron chi connectivity index (χ2n) is 4.12. The number of benzene rings is 1. The lowest BCUT2D eigenvalue weighted by Crippen LogP contribution is -2.25. The van der Waals surface area contributed by atoms with Crippen LogP contribution < -0.4 is 5.32 Å². The van der Waals surface area contributed by atoms with Gasteiger partial charge in [-0.15, -0.1) is 0 Å². The van der Waals surface area contributed by atoms with Gasteiger partial charge in [-0.3, -0.25) is 0 Å². The molecule has 1 aromatic carbocycles. The molecule has 14 heavy (non-hydrogen) atoms. The number of piperidine rings is 1. The number of fused-ring (bicyclic) bond motifs is 5. The molecule has 1 aliphatic heterocycles. The molecule has 1 N–H and O–H groups in total. The van der Waals surface area contributed by atoms with Crippen LogP contribution in [0.1, 0.15) is 35.9 Å². The fourth-order valence-corrected chi connectivity index (χ4v) is 2.94. The van der Waals surface area contributed by atoms with Gasteiger partial charge in [-0.2, -0.15) is 0 Å². The van der Waals surface area contributed by atoms with Gasteiger partial charge in [0.15, 0.2) is 0 Å². The first-order valence-electron chi connectivity index (χ1n) is 4.98. The van der Waals surface area contributed by atoms with Gasteiger partial charge in [0.05, 0.1) is 0 Å².